The van der Waals surface area contributed by atoms with Gasteiger partial charge in [-0.2, -0.15) is 0 Å². The topological polar surface area (TPSA) is 89.6 Å². The Labute approximate surface area is 108 Å². The van der Waals surface area contributed by atoms with E-state index >= 15 is 0 Å². The highest BCUT2D eigenvalue weighted by Gasteiger charge is 2.16. The van der Waals surface area contributed by atoms with Gasteiger partial charge in [0.05, 0.1) is 11.6 Å². The molecule has 3 heterocycles. The highest BCUT2D eigenvalue weighted by atomic mass is 16.1. The molecule has 0 bridgehead atoms. The number of hydrogen-bond donors (Lipinski definition) is 2. The summed E-state index contributed by atoms with van der Waals surface area (Å²) in [6, 6.07) is 7.02. The van der Waals surface area contributed by atoms with Crippen molar-refractivity contribution >= 4 is 17.0 Å². The zero-order valence-electron chi connectivity index (χ0n) is 10.4. The molecule has 3 N–H and O–H groups in total. The van der Waals surface area contributed by atoms with Crippen LogP contribution in [0.1, 0.15) is 18.5 Å². The molecule has 0 spiro atoms. The highest BCUT2D eigenvalue weighted by molar-refractivity contribution is 5.72. The molecule has 0 radical (unpaired) electrons. The van der Waals surface area contributed by atoms with E-state index < -0.39 is 0 Å². The first-order chi connectivity index (χ1) is 9.16. The number of aromatic amines is 1. The summed E-state index contributed by atoms with van der Waals surface area (Å²) in [4.78, 5) is 23.1. The molecule has 6 heteroatoms. The lowest BCUT2D eigenvalue weighted by Gasteiger charge is -2.12. The van der Waals surface area contributed by atoms with Crippen LogP contribution in [-0.4, -0.2) is 19.5 Å². The van der Waals surface area contributed by atoms with Crippen molar-refractivity contribution in [1.29, 1.82) is 0 Å². The third-order valence-electron chi connectivity index (χ3n) is 3.14. The quantitative estimate of drug-likeness (QED) is 0.722. The number of imidazole rings is 1. The van der Waals surface area contributed by atoms with E-state index in [1.165, 1.54) is 0 Å². The molecule has 3 aromatic heterocycles. The fraction of sp³-hybridized carbons (Fsp3) is 0.154. The van der Waals surface area contributed by atoms with Gasteiger partial charge in [-0.15, -0.1) is 0 Å². The van der Waals surface area contributed by atoms with Crippen LogP contribution in [-0.2, 0) is 0 Å². The van der Waals surface area contributed by atoms with Crippen molar-refractivity contribution in [2.45, 2.75) is 13.0 Å². The fourth-order valence-corrected chi connectivity index (χ4v) is 2.15. The molecule has 0 saturated heterocycles. The van der Waals surface area contributed by atoms with E-state index in [1.54, 1.807) is 29.1 Å². The molecule has 0 fully saturated rings. The van der Waals surface area contributed by atoms with Gasteiger partial charge in [0.2, 0.25) is 0 Å². The summed E-state index contributed by atoms with van der Waals surface area (Å²) in [7, 11) is 0. The smallest absolute Gasteiger partial charge is 0.328 e. The molecular weight excluding hydrogens is 242 g/mol. The van der Waals surface area contributed by atoms with E-state index in [0.717, 1.165) is 5.56 Å². The van der Waals surface area contributed by atoms with Crippen LogP contribution in [0.25, 0.3) is 11.2 Å². The van der Waals surface area contributed by atoms with Crippen LogP contribution in [0, 0.1) is 0 Å². The lowest BCUT2D eigenvalue weighted by atomic mass is 10.1. The number of nitrogens with one attached hydrogen (secondary N) is 1. The van der Waals surface area contributed by atoms with E-state index in [-0.39, 0.29) is 11.7 Å². The normalized spacial score (nSPS) is 12.7. The van der Waals surface area contributed by atoms with E-state index in [0.29, 0.717) is 17.0 Å². The van der Waals surface area contributed by atoms with Crippen LogP contribution >= 0.6 is 0 Å². The Morgan fingerprint density at radius 1 is 1.37 bits per heavy atom. The van der Waals surface area contributed by atoms with Crippen LogP contribution in [0.15, 0.2) is 41.5 Å². The second kappa shape index (κ2) is 4.24. The fourth-order valence-electron chi connectivity index (χ4n) is 2.15. The first-order valence-electron chi connectivity index (χ1n) is 5.93. The maximum atomic E-state index is 12.1. The summed E-state index contributed by atoms with van der Waals surface area (Å²) < 4.78 is 1.59. The molecule has 0 aliphatic rings. The Balaban J connectivity index is 2.22. The molecule has 0 amide bonds. The summed E-state index contributed by atoms with van der Waals surface area (Å²) in [5.74, 6) is 0.388. The predicted octanol–water partition coefficient (Wildman–Crippen LogP) is 1.31. The number of nitrogens with zero attached hydrogens (tertiary/aromatic N) is 3. The minimum Gasteiger partial charge on any atom is -0.384 e. The molecule has 96 valence electrons. The van der Waals surface area contributed by atoms with Crippen molar-refractivity contribution in [3.8, 4) is 0 Å². The maximum Gasteiger partial charge on any atom is 0.328 e. The minimum atomic E-state index is -0.204. The average molecular weight is 255 g/mol. The Morgan fingerprint density at radius 2 is 2.21 bits per heavy atom. The van der Waals surface area contributed by atoms with Crippen molar-refractivity contribution in [3.05, 3.63) is 52.7 Å². The number of hydrogen-bond acceptors (Lipinski definition) is 4. The van der Waals surface area contributed by atoms with Crippen LogP contribution in [0.3, 0.4) is 0 Å². The second-order valence-corrected chi connectivity index (χ2v) is 4.37. The van der Waals surface area contributed by atoms with Crippen LogP contribution in [0.4, 0.5) is 5.82 Å². The lowest BCUT2D eigenvalue weighted by Crippen LogP contribution is -2.21. The standard InChI is InChI=1S/C13H13N5O/c1-8(9-3-2-6-15-7-9)18-12-10(16-13(18)19)4-5-11(14)17-12/h2-8H,1H3,(H2,14,17)(H,16,19)/t8-/m1/s1. The maximum absolute atomic E-state index is 12.1. The first-order valence-corrected chi connectivity index (χ1v) is 5.93. The van der Waals surface area contributed by atoms with Gasteiger partial charge in [-0.1, -0.05) is 6.07 Å². The third-order valence-corrected chi connectivity index (χ3v) is 3.14. The molecule has 3 aromatic rings. The van der Waals surface area contributed by atoms with Gasteiger partial charge in [0, 0.05) is 12.4 Å². The molecule has 0 aromatic carbocycles. The highest BCUT2D eigenvalue weighted by Crippen LogP contribution is 2.19. The van der Waals surface area contributed by atoms with Crippen LogP contribution < -0.4 is 11.4 Å². The van der Waals surface area contributed by atoms with Crippen molar-refractivity contribution in [1.82, 2.24) is 19.5 Å². The minimum absolute atomic E-state index is 0.163. The average Bonchev–Trinajstić information content (AvgIpc) is 2.74. The van der Waals surface area contributed by atoms with Gasteiger partial charge in [0.15, 0.2) is 5.65 Å². The summed E-state index contributed by atoms with van der Waals surface area (Å²) in [6.07, 6.45) is 3.44. The number of anilines is 1. The molecule has 19 heavy (non-hydrogen) atoms. The molecule has 0 unspecified atom stereocenters. The van der Waals surface area contributed by atoms with Gasteiger partial charge in [0.1, 0.15) is 5.82 Å². The van der Waals surface area contributed by atoms with Crippen molar-refractivity contribution < 1.29 is 0 Å². The molecule has 3 rings (SSSR count). The van der Waals surface area contributed by atoms with Gasteiger partial charge in [-0.25, -0.2) is 9.78 Å². The number of pyridine rings is 2. The summed E-state index contributed by atoms with van der Waals surface area (Å²) >= 11 is 0. The Hall–Kier alpha value is -2.63. The lowest BCUT2D eigenvalue weighted by molar-refractivity contribution is 0.628. The van der Waals surface area contributed by atoms with E-state index in [4.69, 9.17) is 5.73 Å². The number of nitrogens with two attached hydrogens (primary N) is 1. The SMILES string of the molecule is C[C@H](c1cccnc1)n1c(=O)[nH]c2ccc(N)nc21. The van der Waals surface area contributed by atoms with Gasteiger partial charge in [0.25, 0.3) is 0 Å². The zero-order chi connectivity index (χ0) is 13.4. The van der Waals surface area contributed by atoms with Crippen LogP contribution in [0.2, 0.25) is 0 Å². The second-order valence-electron chi connectivity index (χ2n) is 4.37. The molecule has 0 saturated carbocycles. The van der Waals surface area contributed by atoms with E-state index in [1.807, 2.05) is 19.1 Å². The van der Waals surface area contributed by atoms with Crippen molar-refractivity contribution in [2.24, 2.45) is 0 Å². The summed E-state index contributed by atoms with van der Waals surface area (Å²) in [6.45, 7) is 1.93. The van der Waals surface area contributed by atoms with Gasteiger partial charge >= 0.3 is 5.69 Å². The van der Waals surface area contributed by atoms with Gasteiger partial charge < -0.3 is 10.7 Å². The Bertz CT molecular complexity index is 775. The Kier molecular flexibility index (Phi) is 2.56. The van der Waals surface area contributed by atoms with Gasteiger partial charge in [-0.05, 0) is 30.7 Å². The Morgan fingerprint density at radius 3 is 2.95 bits per heavy atom. The number of nitrogen functional groups attached to an aromatic ring is 1. The number of fused-ring (bicyclic) bond motifs is 1. The first kappa shape index (κ1) is 11.5. The number of rotatable bonds is 2. The molecule has 6 nitrogen and oxygen atoms in total. The number of aromatic nitrogens is 4. The number of H-pyrrole nitrogens is 1. The summed E-state index contributed by atoms with van der Waals surface area (Å²) in [5.41, 5.74) is 7.66. The summed E-state index contributed by atoms with van der Waals surface area (Å²) in [5, 5.41) is 0. The predicted molar refractivity (Wildman–Crippen MR) is 72.8 cm³/mol. The van der Waals surface area contributed by atoms with E-state index in [9.17, 15) is 4.79 Å². The van der Waals surface area contributed by atoms with Crippen LogP contribution in [0.5, 0.6) is 0 Å². The van der Waals surface area contributed by atoms with E-state index in [2.05, 4.69) is 15.0 Å². The zero-order valence-corrected chi connectivity index (χ0v) is 10.4. The molecular formula is C13H13N5O. The molecule has 1 atom stereocenters. The third kappa shape index (κ3) is 1.87. The molecule has 0 aliphatic carbocycles. The van der Waals surface area contributed by atoms with Crippen molar-refractivity contribution in [2.75, 3.05) is 5.73 Å². The molecule has 0 aliphatic heterocycles. The van der Waals surface area contributed by atoms with Gasteiger partial charge in [-0.3, -0.25) is 9.55 Å². The van der Waals surface area contributed by atoms with Crippen molar-refractivity contribution in [3.63, 3.8) is 0 Å². The monoisotopic (exact) mass is 255 g/mol. The largest absolute Gasteiger partial charge is 0.384 e.